The number of benzene rings is 1. The van der Waals surface area contributed by atoms with Gasteiger partial charge in [-0.25, -0.2) is 4.98 Å². The molecule has 0 amide bonds. The Labute approximate surface area is 122 Å². The lowest BCUT2D eigenvalue weighted by Crippen LogP contribution is -2.23. The van der Waals surface area contributed by atoms with Crippen LogP contribution in [0.3, 0.4) is 0 Å². The predicted molar refractivity (Wildman–Crippen MR) is 79.7 cm³/mol. The number of nitrogens with zero attached hydrogens (tertiary/aromatic N) is 3. The second-order valence-electron chi connectivity index (χ2n) is 4.25. The van der Waals surface area contributed by atoms with Gasteiger partial charge >= 0.3 is 0 Å². The van der Waals surface area contributed by atoms with Crippen LogP contribution in [0.25, 0.3) is 0 Å². The zero-order valence-electron chi connectivity index (χ0n) is 10.6. The van der Waals surface area contributed by atoms with Crippen molar-refractivity contribution < 1.29 is 0 Å². The molecule has 0 spiro atoms. The van der Waals surface area contributed by atoms with Gasteiger partial charge in [-0.1, -0.05) is 35.3 Å². The van der Waals surface area contributed by atoms with Gasteiger partial charge < -0.3 is 10.6 Å². The largest absolute Gasteiger partial charge is 0.368 e. The molecule has 0 saturated carbocycles. The number of nitrogens with two attached hydrogens (primary N) is 1. The molecule has 1 heterocycles. The van der Waals surface area contributed by atoms with Crippen molar-refractivity contribution in [2.75, 3.05) is 17.7 Å². The fourth-order valence-electron chi connectivity index (χ4n) is 1.77. The Morgan fingerprint density at radius 2 is 1.79 bits per heavy atom. The van der Waals surface area contributed by atoms with Gasteiger partial charge in [0.05, 0.1) is 6.04 Å². The van der Waals surface area contributed by atoms with Crippen LogP contribution in [0.2, 0.25) is 10.2 Å². The van der Waals surface area contributed by atoms with Crippen molar-refractivity contribution in [3.63, 3.8) is 0 Å². The van der Waals surface area contributed by atoms with E-state index in [9.17, 15) is 0 Å². The first-order valence-corrected chi connectivity index (χ1v) is 6.51. The number of anilines is 2. The monoisotopic (exact) mass is 296 g/mol. The second-order valence-corrected chi connectivity index (χ2v) is 5.07. The second kappa shape index (κ2) is 5.63. The Kier molecular flexibility index (Phi) is 4.12. The van der Waals surface area contributed by atoms with E-state index >= 15 is 0 Å². The Balaban J connectivity index is 2.27. The molecule has 100 valence electrons. The first-order chi connectivity index (χ1) is 8.97. The quantitative estimate of drug-likeness (QED) is 0.880. The summed E-state index contributed by atoms with van der Waals surface area (Å²) < 4.78 is 0. The van der Waals surface area contributed by atoms with Crippen LogP contribution in [-0.4, -0.2) is 17.0 Å². The summed E-state index contributed by atoms with van der Waals surface area (Å²) >= 11 is 11.8. The number of aromatic nitrogens is 2. The van der Waals surface area contributed by atoms with Crippen LogP contribution in [0, 0.1) is 0 Å². The van der Waals surface area contributed by atoms with Gasteiger partial charge in [-0.2, -0.15) is 4.98 Å². The first-order valence-electron chi connectivity index (χ1n) is 5.75. The SMILES string of the molecule is CC(c1ccc(Cl)cc1)N(C)c1cc(Cl)nc(N)n1. The lowest BCUT2D eigenvalue weighted by atomic mass is 10.1. The normalized spacial score (nSPS) is 12.2. The summed E-state index contributed by atoms with van der Waals surface area (Å²) in [6.07, 6.45) is 0. The summed E-state index contributed by atoms with van der Waals surface area (Å²) in [6.45, 7) is 2.06. The lowest BCUT2D eigenvalue weighted by Gasteiger charge is -2.26. The van der Waals surface area contributed by atoms with Crippen LogP contribution in [0.15, 0.2) is 30.3 Å². The Bertz CT molecular complexity index is 551. The van der Waals surface area contributed by atoms with Crippen LogP contribution >= 0.6 is 23.2 Å². The van der Waals surface area contributed by atoms with Crippen molar-refractivity contribution in [3.8, 4) is 0 Å². The summed E-state index contributed by atoms with van der Waals surface area (Å²) in [5, 5.41) is 1.05. The van der Waals surface area contributed by atoms with Crippen LogP contribution in [0.5, 0.6) is 0 Å². The Morgan fingerprint density at radius 3 is 2.37 bits per heavy atom. The Morgan fingerprint density at radius 1 is 1.16 bits per heavy atom. The van der Waals surface area contributed by atoms with Gasteiger partial charge in [-0.15, -0.1) is 0 Å². The summed E-state index contributed by atoms with van der Waals surface area (Å²) in [7, 11) is 1.93. The molecule has 4 nitrogen and oxygen atoms in total. The minimum absolute atomic E-state index is 0.114. The molecule has 0 aliphatic heterocycles. The average Bonchev–Trinajstić information content (AvgIpc) is 2.37. The predicted octanol–water partition coefficient (Wildman–Crippen LogP) is 3.56. The first kappa shape index (κ1) is 13.9. The molecule has 1 aromatic heterocycles. The van der Waals surface area contributed by atoms with Crippen molar-refractivity contribution >= 4 is 35.0 Å². The van der Waals surface area contributed by atoms with E-state index in [1.54, 1.807) is 6.07 Å². The van der Waals surface area contributed by atoms with Crippen LogP contribution in [0.1, 0.15) is 18.5 Å². The van der Waals surface area contributed by atoms with Gasteiger partial charge in [-0.3, -0.25) is 0 Å². The Hall–Kier alpha value is -1.52. The minimum atomic E-state index is 0.114. The third-order valence-corrected chi connectivity index (χ3v) is 3.44. The highest BCUT2D eigenvalue weighted by molar-refractivity contribution is 6.30. The van der Waals surface area contributed by atoms with E-state index in [4.69, 9.17) is 28.9 Å². The summed E-state index contributed by atoms with van der Waals surface area (Å²) in [5.41, 5.74) is 6.73. The van der Waals surface area contributed by atoms with Gasteiger partial charge in [0.15, 0.2) is 0 Å². The number of hydrogen-bond acceptors (Lipinski definition) is 4. The molecule has 1 unspecified atom stereocenters. The number of hydrogen-bond donors (Lipinski definition) is 1. The molecule has 6 heteroatoms. The highest BCUT2D eigenvalue weighted by Crippen LogP contribution is 2.26. The summed E-state index contributed by atoms with van der Waals surface area (Å²) in [4.78, 5) is 10.0. The van der Waals surface area contributed by atoms with E-state index in [2.05, 4.69) is 16.9 Å². The van der Waals surface area contributed by atoms with Gasteiger partial charge in [0.2, 0.25) is 5.95 Å². The fraction of sp³-hybridized carbons (Fsp3) is 0.231. The van der Waals surface area contributed by atoms with E-state index in [0.29, 0.717) is 16.0 Å². The summed E-state index contributed by atoms with van der Waals surface area (Å²) in [5.74, 6) is 0.845. The van der Waals surface area contributed by atoms with Gasteiger partial charge in [0, 0.05) is 18.1 Å². The molecule has 2 rings (SSSR count). The van der Waals surface area contributed by atoms with Crippen LogP contribution in [0.4, 0.5) is 11.8 Å². The van der Waals surface area contributed by atoms with Gasteiger partial charge in [0.25, 0.3) is 0 Å². The molecule has 0 saturated heterocycles. The molecule has 2 N–H and O–H groups in total. The highest BCUT2D eigenvalue weighted by atomic mass is 35.5. The molecule has 0 aliphatic carbocycles. The van der Waals surface area contributed by atoms with Crippen LogP contribution in [-0.2, 0) is 0 Å². The van der Waals surface area contributed by atoms with Crippen molar-refractivity contribution in [1.82, 2.24) is 9.97 Å². The number of nitrogen functional groups attached to an aromatic ring is 1. The molecule has 0 bridgehead atoms. The molecular weight excluding hydrogens is 283 g/mol. The van der Waals surface area contributed by atoms with E-state index in [-0.39, 0.29) is 12.0 Å². The van der Waals surface area contributed by atoms with E-state index in [1.165, 1.54) is 0 Å². The highest BCUT2D eigenvalue weighted by Gasteiger charge is 2.14. The zero-order valence-corrected chi connectivity index (χ0v) is 12.2. The molecule has 0 aliphatic rings. The molecule has 2 aromatic rings. The molecule has 1 atom stereocenters. The van der Waals surface area contributed by atoms with E-state index < -0.39 is 0 Å². The lowest BCUT2D eigenvalue weighted by molar-refractivity contribution is 0.728. The minimum Gasteiger partial charge on any atom is -0.368 e. The topological polar surface area (TPSA) is 55.0 Å². The van der Waals surface area contributed by atoms with Gasteiger partial charge in [0.1, 0.15) is 11.0 Å². The fourth-order valence-corrected chi connectivity index (χ4v) is 2.08. The number of halogens is 2. The van der Waals surface area contributed by atoms with Crippen molar-refractivity contribution in [1.29, 1.82) is 0 Å². The van der Waals surface area contributed by atoms with E-state index in [1.807, 2.05) is 36.2 Å². The third-order valence-electron chi connectivity index (χ3n) is 2.99. The van der Waals surface area contributed by atoms with Crippen molar-refractivity contribution in [2.45, 2.75) is 13.0 Å². The molecule has 0 radical (unpaired) electrons. The maximum atomic E-state index is 5.89. The molecule has 1 aromatic carbocycles. The standard InChI is InChI=1S/C13H14Cl2N4/c1-8(9-3-5-10(14)6-4-9)19(2)12-7-11(15)17-13(16)18-12/h3-8H,1-2H3,(H2,16,17,18). The van der Waals surface area contributed by atoms with E-state index in [0.717, 1.165) is 5.56 Å². The van der Waals surface area contributed by atoms with Crippen molar-refractivity contribution in [2.24, 2.45) is 0 Å². The average molecular weight is 297 g/mol. The maximum Gasteiger partial charge on any atom is 0.223 e. The molecule has 19 heavy (non-hydrogen) atoms. The smallest absolute Gasteiger partial charge is 0.223 e. The zero-order chi connectivity index (χ0) is 14.0. The maximum absolute atomic E-state index is 5.89. The third kappa shape index (κ3) is 3.28. The molecular formula is C13H14Cl2N4. The van der Waals surface area contributed by atoms with Gasteiger partial charge in [-0.05, 0) is 24.6 Å². The number of rotatable bonds is 3. The summed E-state index contributed by atoms with van der Waals surface area (Å²) in [6, 6.07) is 9.49. The van der Waals surface area contributed by atoms with Crippen molar-refractivity contribution in [3.05, 3.63) is 46.1 Å². The molecule has 0 fully saturated rings. The van der Waals surface area contributed by atoms with Crippen LogP contribution < -0.4 is 10.6 Å².